The summed E-state index contributed by atoms with van der Waals surface area (Å²) in [4.78, 5) is 0. The summed E-state index contributed by atoms with van der Waals surface area (Å²) in [7, 11) is 0. The Morgan fingerprint density at radius 2 is 2.31 bits per heavy atom. The number of ether oxygens (including phenoxy) is 1. The number of rotatable bonds is 5. The van der Waals surface area contributed by atoms with E-state index in [1.54, 1.807) is 6.07 Å². The Bertz CT molecular complexity index is 380. The molecule has 1 aromatic carbocycles. The van der Waals surface area contributed by atoms with Crippen molar-refractivity contribution in [3.8, 4) is 5.75 Å². The molecular weight excluding hydrogens is 228 g/mol. The molecule has 0 atom stereocenters. The number of hydrogen-bond acceptors (Lipinski definition) is 3. The summed E-state index contributed by atoms with van der Waals surface area (Å²) < 4.78 is 5.54. The molecule has 0 aliphatic carbocycles. The molecule has 0 saturated carbocycles. The van der Waals surface area contributed by atoms with Gasteiger partial charge >= 0.3 is 0 Å². The molecule has 0 amide bonds. The van der Waals surface area contributed by atoms with Crippen LogP contribution in [-0.2, 0) is 0 Å². The Labute approximate surface area is 99.7 Å². The van der Waals surface area contributed by atoms with Crippen LogP contribution in [0.5, 0.6) is 5.75 Å². The number of benzene rings is 1. The topological polar surface area (TPSA) is 67.8 Å². The molecule has 4 nitrogen and oxygen atoms in total. The second kappa shape index (κ2) is 6.23. The van der Waals surface area contributed by atoms with Gasteiger partial charge in [-0.15, -0.1) is 0 Å². The van der Waals surface area contributed by atoms with Gasteiger partial charge in [-0.25, -0.2) is 0 Å². The lowest BCUT2D eigenvalue weighted by Crippen LogP contribution is -2.12. The highest BCUT2D eigenvalue weighted by molar-refractivity contribution is 6.30. The zero-order valence-electron chi connectivity index (χ0n) is 9.11. The summed E-state index contributed by atoms with van der Waals surface area (Å²) in [5.74, 6) is 1.03. The van der Waals surface area contributed by atoms with Crippen LogP contribution in [0.1, 0.15) is 18.4 Å². The number of aryl methyl sites for hydroxylation is 1. The summed E-state index contributed by atoms with van der Waals surface area (Å²) in [6.45, 7) is 2.46. The fraction of sp³-hybridized carbons (Fsp3) is 0.364. The quantitative estimate of drug-likeness (QED) is 0.274. The molecule has 0 radical (unpaired) electrons. The molecule has 0 aliphatic heterocycles. The number of hydrogen-bond donors (Lipinski definition) is 2. The van der Waals surface area contributed by atoms with Gasteiger partial charge in [-0.1, -0.05) is 16.8 Å². The largest absolute Gasteiger partial charge is 0.493 e. The lowest BCUT2D eigenvalue weighted by Gasteiger charge is -2.08. The van der Waals surface area contributed by atoms with Crippen molar-refractivity contribution >= 4 is 17.4 Å². The third-order valence-corrected chi connectivity index (χ3v) is 2.34. The van der Waals surface area contributed by atoms with Crippen LogP contribution in [0.2, 0.25) is 5.02 Å². The first-order valence-electron chi connectivity index (χ1n) is 4.99. The van der Waals surface area contributed by atoms with Crippen molar-refractivity contribution in [3.63, 3.8) is 0 Å². The van der Waals surface area contributed by atoms with E-state index in [1.165, 1.54) is 0 Å². The SMILES string of the molecule is Cc1cc(Cl)ccc1OCCC/C(N)=N/O. The normalized spacial score (nSPS) is 11.5. The molecule has 0 fully saturated rings. The van der Waals surface area contributed by atoms with E-state index in [0.717, 1.165) is 11.3 Å². The van der Waals surface area contributed by atoms with Gasteiger partial charge in [0.05, 0.1) is 6.61 Å². The third-order valence-electron chi connectivity index (χ3n) is 2.10. The van der Waals surface area contributed by atoms with E-state index in [4.69, 9.17) is 27.3 Å². The van der Waals surface area contributed by atoms with Crippen LogP contribution < -0.4 is 10.5 Å². The molecule has 0 spiro atoms. The summed E-state index contributed by atoms with van der Waals surface area (Å²) in [5.41, 5.74) is 6.33. The first-order chi connectivity index (χ1) is 7.63. The van der Waals surface area contributed by atoms with Gasteiger partial charge in [0.2, 0.25) is 0 Å². The molecule has 0 bridgehead atoms. The minimum absolute atomic E-state index is 0.219. The van der Waals surface area contributed by atoms with Crippen molar-refractivity contribution in [2.45, 2.75) is 19.8 Å². The second-order valence-electron chi connectivity index (χ2n) is 3.45. The predicted octanol–water partition coefficient (Wildman–Crippen LogP) is 2.55. The number of halogens is 1. The smallest absolute Gasteiger partial charge is 0.139 e. The van der Waals surface area contributed by atoms with Crippen molar-refractivity contribution < 1.29 is 9.94 Å². The van der Waals surface area contributed by atoms with E-state index in [2.05, 4.69) is 5.16 Å². The number of oxime groups is 1. The zero-order valence-corrected chi connectivity index (χ0v) is 9.87. The third kappa shape index (κ3) is 3.98. The maximum Gasteiger partial charge on any atom is 0.139 e. The first kappa shape index (κ1) is 12.6. The Morgan fingerprint density at radius 3 is 2.94 bits per heavy atom. The summed E-state index contributed by atoms with van der Waals surface area (Å²) in [6.07, 6.45) is 1.22. The second-order valence-corrected chi connectivity index (χ2v) is 3.89. The molecule has 0 heterocycles. The van der Waals surface area contributed by atoms with E-state index < -0.39 is 0 Å². The molecule has 16 heavy (non-hydrogen) atoms. The van der Waals surface area contributed by atoms with Gasteiger partial charge in [-0.05, 0) is 37.1 Å². The Hall–Kier alpha value is -1.42. The lowest BCUT2D eigenvalue weighted by atomic mass is 10.2. The molecule has 0 aromatic heterocycles. The molecule has 0 saturated heterocycles. The van der Waals surface area contributed by atoms with Crippen LogP contribution in [-0.4, -0.2) is 17.6 Å². The molecule has 1 aromatic rings. The highest BCUT2D eigenvalue weighted by Gasteiger charge is 2.00. The van der Waals surface area contributed by atoms with Gasteiger partial charge in [-0.3, -0.25) is 0 Å². The van der Waals surface area contributed by atoms with Gasteiger partial charge in [0.1, 0.15) is 11.6 Å². The summed E-state index contributed by atoms with van der Waals surface area (Å²) in [5, 5.41) is 11.9. The highest BCUT2D eigenvalue weighted by atomic mass is 35.5. The lowest BCUT2D eigenvalue weighted by molar-refractivity contribution is 0.304. The summed E-state index contributed by atoms with van der Waals surface area (Å²) >= 11 is 5.82. The number of amidine groups is 1. The molecule has 1 rings (SSSR count). The van der Waals surface area contributed by atoms with Gasteiger partial charge in [-0.2, -0.15) is 0 Å². The van der Waals surface area contributed by atoms with Crippen molar-refractivity contribution in [2.75, 3.05) is 6.61 Å². The maximum atomic E-state index is 8.33. The molecule has 5 heteroatoms. The molecule has 0 aliphatic rings. The molecular formula is C11H15ClN2O2. The van der Waals surface area contributed by atoms with E-state index in [-0.39, 0.29) is 5.84 Å². The Morgan fingerprint density at radius 1 is 1.56 bits per heavy atom. The Kier molecular flexibility index (Phi) is 4.92. The Balaban J connectivity index is 2.37. The van der Waals surface area contributed by atoms with E-state index in [9.17, 15) is 0 Å². The van der Waals surface area contributed by atoms with Crippen LogP contribution in [0, 0.1) is 6.92 Å². The molecule has 0 unspecified atom stereocenters. The average Bonchev–Trinajstić information content (AvgIpc) is 2.26. The molecule has 88 valence electrons. The number of nitrogens with zero attached hydrogens (tertiary/aromatic N) is 1. The van der Waals surface area contributed by atoms with E-state index >= 15 is 0 Å². The molecule has 3 N–H and O–H groups in total. The zero-order chi connectivity index (χ0) is 12.0. The maximum absolute atomic E-state index is 8.33. The van der Waals surface area contributed by atoms with Crippen LogP contribution in [0.4, 0.5) is 0 Å². The van der Waals surface area contributed by atoms with Crippen LogP contribution in [0.15, 0.2) is 23.4 Å². The van der Waals surface area contributed by atoms with Gasteiger partial charge in [0.15, 0.2) is 0 Å². The minimum Gasteiger partial charge on any atom is -0.493 e. The van der Waals surface area contributed by atoms with Crippen LogP contribution in [0.3, 0.4) is 0 Å². The van der Waals surface area contributed by atoms with Crippen molar-refractivity contribution in [2.24, 2.45) is 10.9 Å². The average molecular weight is 243 g/mol. The van der Waals surface area contributed by atoms with E-state index in [1.807, 2.05) is 19.1 Å². The van der Waals surface area contributed by atoms with Crippen molar-refractivity contribution in [1.29, 1.82) is 0 Å². The van der Waals surface area contributed by atoms with Gasteiger partial charge in [0.25, 0.3) is 0 Å². The fourth-order valence-corrected chi connectivity index (χ4v) is 1.49. The standard InChI is InChI=1S/C11H15ClN2O2/c1-8-7-9(12)4-5-10(8)16-6-2-3-11(13)14-15/h4-5,7,15H,2-3,6H2,1H3,(H2,13,14). The fourth-order valence-electron chi connectivity index (χ4n) is 1.26. The predicted molar refractivity (Wildman–Crippen MR) is 64.3 cm³/mol. The summed E-state index contributed by atoms with van der Waals surface area (Å²) in [6, 6.07) is 5.47. The first-order valence-corrected chi connectivity index (χ1v) is 5.36. The van der Waals surface area contributed by atoms with Crippen LogP contribution in [0.25, 0.3) is 0 Å². The number of nitrogens with two attached hydrogens (primary N) is 1. The highest BCUT2D eigenvalue weighted by Crippen LogP contribution is 2.21. The minimum atomic E-state index is 0.219. The van der Waals surface area contributed by atoms with Crippen molar-refractivity contribution in [1.82, 2.24) is 0 Å². The monoisotopic (exact) mass is 242 g/mol. The van der Waals surface area contributed by atoms with Crippen LogP contribution >= 0.6 is 11.6 Å². The van der Waals surface area contributed by atoms with Gasteiger partial charge < -0.3 is 15.7 Å². The van der Waals surface area contributed by atoms with Crippen molar-refractivity contribution in [3.05, 3.63) is 28.8 Å². The van der Waals surface area contributed by atoms with Gasteiger partial charge in [0, 0.05) is 11.4 Å². The van der Waals surface area contributed by atoms with E-state index in [0.29, 0.717) is 24.5 Å².